The van der Waals surface area contributed by atoms with Gasteiger partial charge in [0.15, 0.2) is 0 Å². The first-order valence-corrected chi connectivity index (χ1v) is 37.6. The molecule has 0 amide bonds. The van der Waals surface area contributed by atoms with Crippen molar-refractivity contribution in [3.05, 3.63) is 432 Å². The van der Waals surface area contributed by atoms with Crippen LogP contribution in [0.3, 0.4) is 0 Å². The quantitative estimate of drug-likeness (QED) is 0.151. The largest absolute Gasteiger partial charge is 0.310 e. The fourth-order valence-electron chi connectivity index (χ4n) is 19.5. The van der Waals surface area contributed by atoms with Gasteiger partial charge < -0.3 is 9.47 Å². The van der Waals surface area contributed by atoms with Crippen molar-refractivity contribution in [2.24, 2.45) is 0 Å². The van der Waals surface area contributed by atoms with Crippen molar-refractivity contribution in [1.82, 2.24) is 4.57 Å². The predicted molar refractivity (Wildman–Crippen MR) is 462 cm³/mol. The van der Waals surface area contributed by atoms with E-state index >= 15 is 0 Å². The third kappa shape index (κ3) is 9.44. The molecule has 4 aliphatic carbocycles. The second kappa shape index (κ2) is 25.6. The van der Waals surface area contributed by atoms with Crippen molar-refractivity contribution in [3.63, 3.8) is 0 Å². The maximum Gasteiger partial charge on any atom is 0.0726 e. The standard InChI is InChI=1S/C63H40N2.C39H23Cl.C3H4.CH4/c1-4-17-41(18-5-1)47-37-38-54-48-25-10-12-29-55(48)63(57-31-16-28-52(47)62(54)57)56-30-15-20-42-19-14-27-53(61(42)56)49-35-33-45(39-58(49)63)64(43-21-6-2-7-22-43)46-34-36-51-50-26-11-13-32-59(50)65(60(51)40-46)44-23-8-3-9-24-44;40-26-19-20-29-31-14-6-11-25-12-7-17-34(37(25)31)39(36(29)23-26)33-16-5-4-13-28(33)32-22-21-27(24-9-2-1-3-10-24)30-15-8-18-35(39)38(30)32;1-3-2;/h1-40H;1-23H;1H,2H3;1H4. The third-order valence-electron chi connectivity index (χ3n) is 23.5. The van der Waals surface area contributed by atoms with Gasteiger partial charge in [-0.2, -0.15) is 0 Å². The number of rotatable bonds is 6. The molecule has 19 aromatic rings. The molecule has 2 atom stereocenters. The highest BCUT2D eigenvalue weighted by molar-refractivity contribution is 6.31. The molecular weight excluding hydrogens is 1340 g/mol. The van der Waals surface area contributed by atoms with Gasteiger partial charge in [-0.25, -0.2) is 0 Å². The van der Waals surface area contributed by atoms with Crippen molar-refractivity contribution in [2.75, 3.05) is 4.90 Å². The lowest BCUT2D eigenvalue weighted by molar-refractivity contribution is 0.754. The van der Waals surface area contributed by atoms with Crippen molar-refractivity contribution < 1.29 is 0 Å². The number of aromatic nitrogens is 1. The van der Waals surface area contributed by atoms with E-state index in [0.29, 0.717) is 0 Å². The summed E-state index contributed by atoms with van der Waals surface area (Å²) in [6.07, 6.45) is 4.60. The molecule has 1 aromatic heterocycles. The fraction of sp³-hybridized carbons (Fsp3) is 0.0377. The topological polar surface area (TPSA) is 8.17 Å². The zero-order valence-corrected chi connectivity index (χ0v) is 60.0. The van der Waals surface area contributed by atoms with Gasteiger partial charge in [0, 0.05) is 38.5 Å². The van der Waals surface area contributed by atoms with E-state index in [4.69, 9.17) is 11.6 Å². The van der Waals surface area contributed by atoms with Crippen LogP contribution in [0.2, 0.25) is 5.02 Å². The summed E-state index contributed by atoms with van der Waals surface area (Å²) in [6.45, 7) is 1.65. The summed E-state index contributed by atoms with van der Waals surface area (Å²) in [5.41, 5.74) is 31.3. The van der Waals surface area contributed by atoms with Crippen LogP contribution in [-0.4, -0.2) is 4.57 Å². The second-order valence-electron chi connectivity index (χ2n) is 28.8. The molecule has 0 bridgehead atoms. The Balaban J connectivity index is 0.000000152. The number of halogens is 1. The summed E-state index contributed by atoms with van der Waals surface area (Å²) >= 11 is 6.84. The molecule has 18 aromatic carbocycles. The number of hydrogen-bond acceptors (Lipinski definition) is 1. The van der Waals surface area contributed by atoms with Crippen LogP contribution in [-0.2, 0) is 10.8 Å². The smallest absolute Gasteiger partial charge is 0.0726 e. The van der Waals surface area contributed by atoms with Crippen LogP contribution in [0.25, 0.3) is 137 Å². The lowest BCUT2D eigenvalue weighted by Crippen LogP contribution is -2.36. The Morgan fingerprint density at radius 2 is 0.633 bits per heavy atom. The molecule has 4 aliphatic rings. The first-order valence-electron chi connectivity index (χ1n) is 37.2. The van der Waals surface area contributed by atoms with E-state index in [9.17, 15) is 0 Å². The Kier molecular flexibility index (Phi) is 15.3. The Bertz CT molecular complexity index is 6960. The Labute approximate surface area is 640 Å². The van der Waals surface area contributed by atoms with Gasteiger partial charge in [-0.3, -0.25) is 0 Å². The lowest BCUT2D eigenvalue weighted by Gasteiger charge is -2.46. The maximum absolute atomic E-state index is 6.84. The van der Waals surface area contributed by atoms with E-state index in [1.165, 1.54) is 176 Å². The van der Waals surface area contributed by atoms with Crippen LogP contribution in [0.5, 0.6) is 0 Å². The zero-order valence-electron chi connectivity index (χ0n) is 59.2. The average molecular weight is 1410 g/mol. The molecule has 23 rings (SSSR count). The maximum atomic E-state index is 6.84. The molecule has 0 aliphatic heterocycles. The first-order chi connectivity index (χ1) is 53.4. The summed E-state index contributed by atoms with van der Waals surface area (Å²) < 4.78 is 2.41. The summed E-state index contributed by atoms with van der Waals surface area (Å²) in [5, 5.41) is 13.6. The lowest BCUT2D eigenvalue weighted by atomic mass is 9.55. The highest BCUT2D eigenvalue weighted by Crippen LogP contribution is 2.64. The van der Waals surface area contributed by atoms with E-state index in [-0.39, 0.29) is 7.43 Å². The molecule has 0 fully saturated rings. The van der Waals surface area contributed by atoms with E-state index in [1.54, 1.807) is 6.92 Å². The third-order valence-corrected chi connectivity index (χ3v) is 23.7. The monoisotopic (exact) mass is 1410 g/mol. The van der Waals surface area contributed by atoms with Crippen molar-refractivity contribution in [3.8, 4) is 84.8 Å². The number of fused-ring (bicyclic) bond motifs is 19. The Morgan fingerprint density at radius 3 is 1.18 bits per heavy atom. The minimum atomic E-state index is -0.635. The number of terminal acetylenes is 1. The molecule has 1 heterocycles. The van der Waals surface area contributed by atoms with Crippen LogP contribution in [0, 0.1) is 12.3 Å². The molecule has 0 radical (unpaired) electrons. The fourth-order valence-corrected chi connectivity index (χ4v) is 19.6. The Morgan fingerprint density at radius 1 is 0.275 bits per heavy atom. The highest BCUT2D eigenvalue weighted by atomic mass is 35.5. The Hall–Kier alpha value is -13.6. The van der Waals surface area contributed by atoms with E-state index in [0.717, 1.165) is 27.8 Å². The summed E-state index contributed by atoms with van der Waals surface area (Å²) in [6, 6.07) is 142. The number of benzene rings is 18. The van der Waals surface area contributed by atoms with Gasteiger partial charge in [0.25, 0.3) is 0 Å². The predicted octanol–water partition coefficient (Wildman–Crippen LogP) is 28.5. The minimum absolute atomic E-state index is 0. The second-order valence-corrected chi connectivity index (χ2v) is 29.2. The van der Waals surface area contributed by atoms with Crippen LogP contribution in [0.15, 0.2) is 382 Å². The molecule has 0 saturated heterocycles. The molecule has 0 N–H and O–H groups in total. The zero-order chi connectivity index (χ0) is 71.8. The van der Waals surface area contributed by atoms with Gasteiger partial charge in [-0.05, 0) is 228 Å². The molecule has 3 heteroatoms. The van der Waals surface area contributed by atoms with Gasteiger partial charge in [0.2, 0.25) is 0 Å². The van der Waals surface area contributed by atoms with Gasteiger partial charge in [-0.1, -0.05) is 334 Å². The van der Waals surface area contributed by atoms with Crippen LogP contribution in [0.1, 0.15) is 58.9 Å². The summed E-state index contributed by atoms with van der Waals surface area (Å²) in [7, 11) is 0. The van der Waals surface area contributed by atoms with Crippen LogP contribution >= 0.6 is 11.6 Å². The van der Waals surface area contributed by atoms with Crippen LogP contribution < -0.4 is 4.90 Å². The molecule has 2 nitrogen and oxygen atoms in total. The normalized spacial score (nSPS) is 14.7. The van der Waals surface area contributed by atoms with E-state index in [1.807, 2.05) is 6.07 Å². The summed E-state index contributed by atoms with van der Waals surface area (Å²) in [4.78, 5) is 2.46. The van der Waals surface area contributed by atoms with Gasteiger partial charge in [0.1, 0.15) is 0 Å². The number of nitrogens with zero attached hydrogens (tertiary/aromatic N) is 2. The first kappa shape index (κ1) is 65.0. The average Bonchev–Trinajstić information content (AvgIpc) is 0.948. The molecule has 2 unspecified atom stereocenters. The highest BCUT2D eigenvalue weighted by Gasteiger charge is 2.51. The van der Waals surface area contributed by atoms with Gasteiger partial charge >= 0.3 is 0 Å². The molecule has 512 valence electrons. The molecular formula is C106H71ClN2. The minimum Gasteiger partial charge on any atom is -0.310 e. The van der Waals surface area contributed by atoms with Crippen molar-refractivity contribution in [1.29, 1.82) is 0 Å². The molecule has 109 heavy (non-hydrogen) atoms. The molecule has 0 saturated carbocycles. The number of hydrogen-bond donors (Lipinski definition) is 0. The number of para-hydroxylation sites is 3. The van der Waals surface area contributed by atoms with Crippen LogP contribution in [0.4, 0.5) is 17.1 Å². The van der Waals surface area contributed by atoms with E-state index < -0.39 is 10.8 Å². The van der Waals surface area contributed by atoms with Crippen molar-refractivity contribution >= 4 is 93.6 Å². The van der Waals surface area contributed by atoms with Gasteiger partial charge in [0.05, 0.1) is 21.9 Å². The summed E-state index contributed by atoms with van der Waals surface area (Å²) in [5.74, 6) is 2.25. The van der Waals surface area contributed by atoms with Gasteiger partial charge in [-0.15, -0.1) is 12.3 Å². The SMILES string of the molecule is C.C#CC.Clc1ccc2c(c1)C1(c3ccccc3-c3ccc(-c4ccccc4)c4cccc1c34)c1cccc3cccc-2c13.c1ccc(-c2ccc3c4c(cccc24)C2(c4cc(N(c5ccccc5)c5ccc6c7ccccc7n(-c7ccccc7)c6c5)ccc4-c4cccc5cccc2c45)c2ccccc2-3)cc1. The van der Waals surface area contributed by atoms with E-state index in [2.05, 4.69) is 398 Å². The number of anilines is 3. The van der Waals surface area contributed by atoms with Crippen molar-refractivity contribution in [2.45, 2.75) is 25.2 Å². The molecule has 2 spiro atoms.